The summed E-state index contributed by atoms with van der Waals surface area (Å²) in [5.41, 5.74) is -0.428. The first-order chi connectivity index (χ1) is 14.4. The minimum atomic E-state index is -4.28. The number of aromatic nitrogens is 2. The van der Waals surface area contributed by atoms with E-state index in [2.05, 4.69) is 10.4 Å². The highest BCUT2D eigenvalue weighted by atomic mass is 19.4. The van der Waals surface area contributed by atoms with Gasteiger partial charge in [-0.25, -0.2) is 0 Å². The Morgan fingerprint density at radius 3 is 2.65 bits per heavy atom. The van der Waals surface area contributed by atoms with Gasteiger partial charge in [-0.3, -0.25) is 14.3 Å². The average molecular weight is 444 g/mol. The second-order valence-corrected chi connectivity index (χ2v) is 9.60. The van der Waals surface area contributed by atoms with Crippen LogP contribution in [0.1, 0.15) is 62.7 Å². The molecule has 31 heavy (non-hydrogen) atoms. The molecule has 1 aliphatic heterocycles. The van der Waals surface area contributed by atoms with E-state index in [1.54, 1.807) is 25.8 Å². The lowest BCUT2D eigenvalue weighted by Gasteiger charge is -2.32. The van der Waals surface area contributed by atoms with E-state index >= 15 is 0 Å². The SMILES string of the molecule is CN(CC(C)(C)NC(=O)c1cnn(CCC(F)(F)F)c1)C(=O)C1CC2(CCCC2)CO1. The maximum Gasteiger partial charge on any atom is 0.390 e. The van der Waals surface area contributed by atoms with Crippen molar-refractivity contribution in [1.29, 1.82) is 0 Å². The minimum absolute atomic E-state index is 0.0916. The molecular formula is C21H31F3N4O3. The van der Waals surface area contributed by atoms with Crippen LogP contribution in [0.25, 0.3) is 0 Å². The quantitative estimate of drug-likeness (QED) is 0.701. The van der Waals surface area contributed by atoms with E-state index in [4.69, 9.17) is 4.74 Å². The second kappa shape index (κ2) is 8.80. The van der Waals surface area contributed by atoms with Crippen molar-refractivity contribution in [2.24, 2.45) is 5.41 Å². The number of rotatable bonds is 7. The van der Waals surface area contributed by atoms with Crippen molar-refractivity contribution in [3.63, 3.8) is 0 Å². The predicted octanol–water partition coefficient (Wildman–Crippen LogP) is 3.15. The summed E-state index contributed by atoms with van der Waals surface area (Å²) in [4.78, 5) is 27.0. The van der Waals surface area contributed by atoms with Crippen molar-refractivity contribution >= 4 is 11.8 Å². The van der Waals surface area contributed by atoms with Gasteiger partial charge in [-0.2, -0.15) is 18.3 Å². The van der Waals surface area contributed by atoms with E-state index in [-0.39, 0.29) is 30.0 Å². The Morgan fingerprint density at radius 1 is 1.32 bits per heavy atom. The van der Waals surface area contributed by atoms with Gasteiger partial charge in [-0.05, 0) is 38.5 Å². The molecule has 2 amide bonds. The first-order valence-corrected chi connectivity index (χ1v) is 10.7. The van der Waals surface area contributed by atoms with Gasteiger partial charge in [0, 0.05) is 26.3 Å². The van der Waals surface area contributed by atoms with Crippen LogP contribution in [0.5, 0.6) is 0 Å². The van der Waals surface area contributed by atoms with Gasteiger partial charge in [0.1, 0.15) is 6.10 Å². The Balaban J connectivity index is 1.51. The van der Waals surface area contributed by atoms with Gasteiger partial charge < -0.3 is 15.0 Å². The Bertz CT molecular complexity index is 800. The number of halogens is 3. The lowest BCUT2D eigenvalue weighted by molar-refractivity contribution is -0.140. The van der Waals surface area contributed by atoms with Gasteiger partial charge in [0.25, 0.3) is 11.8 Å². The van der Waals surface area contributed by atoms with Crippen molar-refractivity contribution < 1.29 is 27.5 Å². The first kappa shape index (κ1) is 23.6. The van der Waals surface area contributed by atoms with E-state index in [1.807, 2.05) is 0 Å². The van der Waals surface area contributed by atoms with Gasteiger partial charge in [0.2, 0.25) is 0 Å². The number of carbonyl (C=O) groups excluding carboxylic acids is 2. The van der Waals surface area contributed by atoms with Gasteiger partial charge in [-0.1, -0.05) is 12.8 Å². The van der Waals surface area contributed by atoms with Gasteiger partial charge >= 0.3 is 6.18 Å². The zero-order valence-electron chi connectivity index (χ0n) is 18.3. The molecule has 0 aromatic carbocycles. The molecule has 0 radical (unpaired) electrons. The van der Waals surface area contributed by atoms with E-state index < -0.39 is 30.1 Å². The fourth-order valence-electron chi connectivity index (χ4n) is 4.60. The number of hydrogen-bond acceptors (Lipinski definition) is 4. The Kier molecular flexibility index (Phi) is 6.69. The van der Waals surface area contributed by atoms with E-state index in [0.29, 0.717) is 6.61 Å². The molecule has 1 unspecified atom stereocenters. The summed E-state index contributed by atoms with van der Waals surface area (Å²) < 4.78 is 44.0. The Morgan fingerprint density at radius 2 is 2.00 bits per heavy atom. The van der Waals surface area contributed by atoms with Crippen LogP contribution in [0.15, 0.2) is 12.4 Å². The van der Waals surface area contributed by atoms with Gasteiger partial charge in [0.15, 0.2) is 0 Å². The van der Waals surface area contributed by atoms with E-state index in [1.165, 1.54) is 25.2 Å². The summed E-state index contributed by atoms with van der Waals surface area (Å²) in [6, 6.07) is 0. The number of nitrogens with one attached hydrogen (secondary N) is 1. The molecular weight excluding hydrogens is 413 g/mol. The lowest BCUT2D eigenvalue weighted by Crippen LogP contribution is -2.53. The fraction of sp³-hybridized carbons (Fsp3) is 0.762. The molecule has 3 rings (SSSR count). The summed E-state index contributed by atoms with van der Waals surface area (Å²) in [5.74, 6) is -0.544. The average Bonchev–Trinajstić information content (AvgIpc) is 3.40. The molecule has 2 fully saturated rings. The highest BCUT2D eigenvalue weighted by Gasteiger charge is 2.45. The van der Waals surface area contributed by atoms with Crippen molar-refractivity contribution in [2.45, 2.75) is 76.7 Å². The van der Waals surface area contributed by atoms with Crippen LogP contribution in [-0.4, -0.2) is 64.5 Å². The van der Waals surface area contributed by atoms with Crippen LogP contribution >= 0.6 is 0 Å². The summed E-state index contributed by atoms with van der Waals surface area (Å²) in [7, 11) is 1.69. The number of carbonyl (C=O) groups is 2. The summed E-state index contributed by atoms with van der Waals surface area (Å²) >= 11 is 0. The number of aryl methyl sites for hydroxylation is 1. The van der Waals surface area contributed by atoms with Crippen LogP contribution in [0.4, 0.5) is 13.2 Å². The van der Waals surface area contributed by atoms with Crippen molar-refractivity contribution in [1.82, 2.24) is 20.0 Å². The number of hydrogen-bond donors (Lipinski definition) is 1. The molecule has 1 aromatic rings. The molecule has 0 bridgehead atoms. The van der Waals surface area contributed by atoms with Gasteiger partial charge in [-0.15, -0.1) is 0 Å². The van der Waals surface area contributed by atoms with E-state index in [0.717, 1.165) is 23.9 Å². The molecule has 174 valence electrons. The third kappa shape index (κ3) is 6.21. The number of ether oxygens (including phenoxy) is 1. The molecule has 1 N–H and O–H groups in total. The van der Waals surface area contributed by atoms with Crippen LogP contribution < -0.4 is 5.32 Å². The molecule has 10 heteroatoms. The zero-order chi connectivity index (χ0) is 22.9. The van der Waals surface area contributed by atoms with Crippen molar-refractivity contribution in [3.05, 3.63) is 18.0 Å². The normalized spacial score (nSPS) is 20.9. The molecule has 1 saturated carbocycles. The highest BCUT2D eigenvalue weighted by Crippen LogP contribution is 2.46. The van der Waals surface area contributed by atoms with Crippen LogP contribution in [0, 0.1) is 5.41 Å². The largest absolute Gasteiger partial charge is 0.390 e. The fourth-order valence-corrected chi connectivity index (χ4v) is 4.60. The molecule has 7 nitrogen and oxygen atoms in total. The standard InChI is InChI=1S/C21H31F3N4O3/c1-19(2,26-17(29)15-11-25-28(12-15)9-8-21(22,23)24)13-27(3)18(30)16-10-20(14-31-16)6-4-5-7-20/h11-12,16H,4-10,13-14H2,1-3H3,(H,26,29). The third-order valence-corrected chi connectivity index (χ3v) is 6.13. The lowest BCUT2D eigenvalue weighted by atomic mass is 9.84. The van der Waals surface area contributed by atoms with Crippen LogP contribution in [0.3, 0.4) is 0 Å². The number of likely N-dealkylation sites (N-methyl/N-ethyl adjacent to an activating group) is 1. The Labute approximate surface area is 180 Å². The summed E-state index contributed by atoms with van der Waals surface area (Å²) in [6.45, 7) is 4.14. The van der Waals surface area contributed by atoms with Crippen LogP contribution in [-0.2, 0) is 16.1 Å². The third-order valence-electron chi connectivity index (χ3n) is 6.13. The number of amides is 2. The molecule has 2 heterocycles. The smallest absolute Gasteiger partial charge is 0.368 e. The van der Waals surface area contributed by atoms with Crippen molar-refractivity contribution in [2.75, 3.05) is 20.2 Å². The Hall–Kier alpha value is -2.10. The second-order valence-electron chi connectivity index (χ2n) is 9.60. The highest BCUT2D eigenvalue weighted by molar-refractivity contribution is 5.94. The molecule has 1 atom stereocenters. The molecule has 2 aliphatic rings. The molecule has 1 aliphatic carbocycles. The van der Waals surface area contributed by atoms with Crippen molar-refractivity contribution in [3.8, 4) is 0 Å². The number of alkyl halides is 3. The van der Waals surface area contributed by atoms with Crippen LogP contribution in [0.2, 0.25) is 0 Å². The first-order valence-electron chi connectivity index (χ1n) is 10.7. The van der Waals surface area contributed by atoms with E-state index in [9.17, 15) is 22.8 Å². The molecule has 1 aromatic heterocycles. The van der Waals surface area contributed by atoms with Gasteiger partial charge in [0.05, 0.1) is 30.3 Å². The zero-order valence-corrected chi connectivity index (χ0v) is 18.3. The molecule has 1 spiro atoms. The topological polar surface area (TPSA) is 76.5 Å². The predicted molar refractivity (Wildman–Crippen MR) is 107 cm³/mol. The maximum atomic E-state index is 12.9. The monoisotopic (exact) mass is 444 g/mol. The minimum Gasteiger partial charge on any atom is -0.368 e. The summed E-state index contributed by atoms with van der Waals surface area (Å²) in [6.07, 6.45) is 2.13. The molecule has 1 saturated heterocycles. The number of nitrogens with zero attached hydrogens (tertiary/aromatic N) is 3. The summed E-state index contributed by atoms with van der Waals surface area (Å²) in [5, 5.41) is 6.66. The maximum absolute atomic E-state index is 12.9.